The topological polar surface area (TPSA) is 108 Å². The maximum absolute atomic E-state index is 12.7. The van der Waals surface area contributed by atoms with E-state index in [4.69, 9.17) is 38.5 Å². The van der Waals surface area contributed by atoms with Gasteiger partial charge in [-0.05, 0) is 11.6 Å². The van der Waals surface area contributed by atoms with Crippen LogP contribution in [0.2, 0.25) is 0 Å². The highest BCUT2D eigenvalue weighted by molar-refractivity contribution is 6.08. The fraction of sp³-hybridized carbons (Fsp3) is 0.300. The zero-order valence-electron chi connectivity index (χ0n) is 16.7. The molecule has 0 saturated carbocycles. The molecule has 158 valence electrons. The van der Waals surface area contributed by atoms with E-state index in [-0.39, 0.29) is 58.5 Å². The van der Waals surface area contributed by atoms with Gasteiger partial charge in [-0.1, -0.05) is 0 Å². The molecule has 0 fully saturated rings. The Bertz CT molecular complexity index is 961. The van der Waals surface area contributed by atoms with Crippen LogP contribution in [0.4, 0.5) is 0 Å². The summed E-state index contributed by atoms with van der Waals surface area (Å²) >= 11 is 0. The third-order valence-corrected chi connectivity index (χ3v) is 4.86. The summed E-state index contributed by atoms with van der Waals surface area (Å²) in [6.45, 7) is -0.0832. The Morgan fingerprint density at radius 3 is 2.03 bits per heavy atom. The van der Waals surface area contributed by atoms with E-state index in [0.29, 0.717) is 11.1 Å². The van der Waals surface area contributed by atoms with Crippen molar-refractivity contribution in [1.82, 2.24) is 0 Å². The Hall–Kier alpha value is -3.50. The van der Waals surface area contributed by atoms with Crippen molar-refractivity contribution in [2.24, 2.45) is 0 Å². The average molecular weight is 418 g/mol. The number of carbonyl (C=O) groups is 2. The molecular formula is C20H18O10. The minimum absolute atomic E-state index is 0.0175. The van der Waals surface area contributed by atoms with Gasteiger partial charge in [0.25, 0.3) is 5.75 Å². The molecule has 4 rings (SSSR count). The van der Waals surface area contributed by atoms with Gasteiger partial charge in [-0.2, -0.15) is 9.78 Å². The average Bonchev–Trinajstić information content (AvgIpc) is 2.81. The number of benzene rings is 2. The van der Waals surface area contributed by atoms with Gasteiger partial charge in [-0.15, -0.1) is 0 Å². The SMILES string of the molecule is COC(=O)c1cc2c3c(OC)c1-c1c(C(=O)OC)cc(c(c1OC)OOC3)OOC2. The van der Waals surface area contributed by atoms with E-state index in [1.54, 1.807) is 6.07 Å². The van der Waals surface area contributed by atoms with Crippen molar-refractivity contribution in [3.8, 4) is 34.1 Å². The number of hydrogen-bond donors (Lipinski definition) is 0. The van der Waals surface area contributed by atoms with Gasteiger partial charge in [0.05, 0.1) is 39.6 Å². The lowest BCUT2D eigenvalue weighted by Crippen LogP contribution is -2.12. The summed E-state index contributed by atoms with van der Waals surface area (Å²) in [7, 11) is 5.28. The lowest BCUT2D eigenvalue weighted by Gasteiger charge is -2.20. The van der Waals surface area contributed by atoms with Crippen molar-refractivity contribution in [3.05, 3.63) is 34.4 Å². The van der Waals surface area contributed by atoms with Crippen molar-refractivity contribution in [2.75, 3.05) is 28.4 Å². The minimum atomic E-state index is -0.706. The Balaban J connectivity index is 2.27. The second-order valence-electron chi connectivity index (χ2n) is 6.30. The molecule has 0 amide bonds. The van der Waals surface area contributed by atoms with Crippen LogP contribution in [0.15, 0.2) is 12.1 Å². The molecule has 4 bridgehead atoms. The number of ether oxygens (including phenoxy) is 4. The predicted molar refractivity (Wildman–Crippen MR) is 98.5 cm³/mol. The van der Waals surface area contributed by atoms with Gasteiger partial charge in [0.1, 0.15) is 19.0 Å². The molecule has 0 saturated heterocycles. The molecular weight excluding hydrogens is 400 g/mol. The lowest BCUT2D eigenvalue weighted by molar-refractivity contribution is -0.245. The molecule has 10 nitrogen and oxygen atoms in total. The predicted octanol–water partition coefficient (Wildman–Crippen LogP) is 2.59. The van der Waals surface area contributed by atoms with E-state index < -0.39 is 11.9 Å². The van der Waals surface area contributed by atoms with Crippen LogP contribution in [0.5, 0.6) is 23.0 Å². The van der Waals surface area contributed by atoms with E-state index in [1.165, 1.54) is 34.5 Å². The standard InChI is InChI=1S/C20H18O10/c1-23-16-12-8-28-30-17-13-6-11(20(22)26-4)15(18(17)24-2)14(16)10(19(21)25-3)5-9(12)7-27-29-13/h5-6H,7-8H2,1-4H3. The Labute approximate surface area is 170 Å². The van der Waals surface area contributed by atoms with Crippen LogP contribution in [-0.2, 0) is 32.5 Å². The zero-order valence-corrected chi connectivity index (χ0v) is 16.7. The fourth-order valence-electron chi connectivity index (χ4n) is 3.56. The van der Waals surface area contributed by atoms with E-state index in [2.05, 4.69) is 0 Å². The minimum Gasteiger partial charge on any atom is -0.496 e. The first-order valence-electron chi connectivity index (χ1n) is 8.79. The quantitative estimate of drug-likeness (QED) is 0.543. The highest BCUT2D eigenvalue weighted by Crippen LogP contribution is 2.53. The van der Waals surface area contributed by atoms with Gasteiger partial charge in [-0.3, -0.25) is 0 Å². The van der Waals surface area contributed by atoms with Gasteiger partial charge in [0.15, 0.2) is 5.75 Å². The molecule has 0 spiro atoms. The molecule has 2 heterocycles. The zero-order chi connectivity index (χ0) is 21.4. The highest BCUT2D eigenvalue weighted by Gasteiger charge is 2.36. The molecule has 0 unspecified atom stereocenters. The number of hydrogen-bond acceptors (Lipinski definition) is 10. The van der Waals surface area contributed by atoms with Crippen LogP contribution in [0, 0.1) is 0 Å². The molecule has 2 aromatic rings. The smallest absolute Gasteiger partial charge is 0.338 e. The Morgan fingerprint density at radius 1 is 0.800 bits per heavy atom. The third kappa shape index (κ3) is 2.88. The number of methoxy groups -OCH3 is 4. The van der Waals surface area contributed by atoms with Crippen LogP contribution in [0.1, 0.15) is 31.8 Å². The van der Waals surface area contributed by atoms with Crippen LogP contribution in [-0.4, -0.2) is 40.4 Å². The summed E-state index contributed by atoms with van der Waals surface area (Å²) in [5, 5.41) is 0. The van der Waals surface area contributed by atoms with Crippen LogP contribution in [0.3, 0.4) is 0 Å². The van der Waals surface area contributed by atoms with E-state index in [1.807, 2.05) is 0 Å². The van der Waals surface area contributed by atoms with Gasteiger partial charge in [0.2, 0.25) is 5.75 Å². The summed E-state index contributed by atoms with van der Waals surface area (Å²) in [6.07, 6.45) is 0. The van der Waals surface area contributed by atoms with Gasteiger partial charge < -0.3 is 28.7 Å². The van der Waals surface area contributed by atoms with E-state index >= 15 is 0 Å². The Morgan fingerprint density at radius 2 is 1.40 bits per heavy atom. The molecule has 0 aromatic heterocycles. The van der Waals surface area contributed by atoms with Crippen molar-refractivity contribution in [1.29, 1.82) is 0 Å². The highest BCUT2D eigenvalue weighted by atomic mass is 17.2. The molecule has 30 heavy (non-hydrogen) atoms. The van der Waals surface area contributed by atoms with Crippen LogP contribution >= 0.6 is 0 Å². The van der Waals surface area contributed by atoms with Gasteiger partial charge in [-0.25, -0.2) is 9.59 Å². The summed E-state index contributed by atoms with van der Waals surface area (Å²) in [6, 6.07) is 2.92. The molecule has 0 radical (unpaired) electrons. The molecule has 0 aliphatic carbocycles. The first kappa shape index (κ1) is 19.8. The second kappa shape index (κ2) is 7.73. The molecule has 0 atom stereocenters. The van der Waals surface area contributed by atoms with Gasteiger partial charge >= 0.3 is 11.9 Å². The van der Waals surface area contributed by atoms with Crippen LogP contribution in [0.25, 0.3) is 11.1 Å². The number of fused-ring (bicyclic) bond motifs is 5. The number of rotatable bonds is 4. The van der Waals surface area contributed by atoms with E-state index in [0.717, 1.165) is 0 Å². The van der Waals surface area contributed by atoms with Crippen molar-refractivity contribution in [2.45, 2.75) is 13.2 Å². The maximum atomic E-state index is 12.7. The Kier molecular flexibility index (Phi) is 5.10. The van der Waals surface area contributed by atoms with Gasteiger partial charge in [0, 0.05) is 22.8 Å². The summed E-state index contributed by atoms with van der Waals surface area (Å²) < 4.78 is 21.1. The number of esters is 2. The second-order valence-corrected chi connectivity index (χ2v) is 6.30. The first-order chi connectivity index (χ1) is 14.5. The normalized spacial score (nSPS) is 13.6. The molecule has 0 N–H and O–H groups in total. The molecule has 2 aliphatic heterocycles. The molecule has 10 heteroatoms. The molecule has 2 aromatic carbocycles. The lowest BCUT2D eigenvalue weighted by atomic mass is 9.89. The van der Waals surface area contributed by atoms with Crippen molar-refractivity contribution >= 4 is 11.9 Å². The first-order valence-corrected chi connectivity index (χ1v) is 8.79. The summed E-state index contributed by atoms with van der Waals surface area (Å²) in [5.74, 6) is -0.985. The monoisotopic (exact) mass is 418 g/mol. The summed E-state index contributed by atoms with van der Waals surface area (Å²) in [5.41, 5.74) is 1.71. The van der Waals surface area contributed by atoms with E-state index in [9.17, 15) is 9.59 Å². The fourth-order valence-corrected chi connectivity index (χ4v) is 3.56. The number of carbonyl (C=O) groups excluding carboxylic acids is 2. The molecule has 2 aliphatic rings. The third-order valence-electron chi connectivity index (χ3n) is 4.86. The van der Waals surface area contributed by atoms with Crippen molar-refractivity contribution in [3.63, 3.8) is 0 Å². The van der Waals surface area contributed by atoms with Crippen molar-refractivity contribution < 1.29 is 48.1 Å². The maximum Gasteiger partial charge on any atom is 0.338 e. The summed E-state index contributed by atoms with van der Waals surface area (Å²) in [4.78, 5) is 47.0. The largest absolute Gasteiger partial charge is 0.496 e. The van der Waals surface area contributed by atoms with Crippen LogP contribution < -0.4 is 19.2 Å².